The van der Waals surface area contributed by atoms with Crippen molar-refractivity contribution in [3.63, 3.8) is 0 Å². The van der Waals surface area contributed by atoms with E-state index in [4.69, 9.17) is 33.0 Å². The summed E-state index contributed by atoms with van der Waals surface area (Å²) in [6.45, 7) is 0. The minimum absolute atomic E-state index is 0.0264. The Morgan fingerprint density at radius 1 is 0.846 bits per heavy atom. The average molecular weight is 457 g/mol. The molecule has 0 aliphatic rings. The van der Waals surface area contributed by atoms with Gasteiger partial charge in [-0.3, -0.25) is 10.1 Å². The first-order valence-corrected chi connectivity index (χ1v) is 11.5. The van der Waals surface area contributed by atoms with Crippen LogP contribution in [0.2, 0.25) is 5.02 Å². The monoisotopic (exact) mass is 455 g/mol. The van der Waals surface area contributed by atoms with Gasteiger partial charge in [-0.2, -0.15) is 0 Å². The van der Waals surface area contributed by atoms with Crippen LogP contribution in [0.1, 0.15) is 11.1 Å². The maximum atomic E-state index is 11.7. The van der Waals surface area contributed by atoms with Crippen molar-refractivity contribution in [3.05, 3.63) is 62.7 Å². The van der Waals surface area contributed by atoms with Crippen LogP contribution in [-0.2, 0) is 18.1 Å². The summed E-state index contributed by atoms with van der Waals surface area (Å²) in [5.41, 5.74) is -0.295. The molecule has 0 spiro atoms. The van der Waals surface area contributed by atoms with Crippen molar-refractivity contribution >= 4 is 68.9 Å². The summed E-state index contributed by atoms with van der Waals surface area (Å²) in [5.74, 6) is 0. The molecule has 0 saturated carbocycles. The molecule has 138 valence electrons. The van der Waals surface area contributed by atoms with Crippen LogP contribution in [-0.4, -0.2) is 21.8 Å². The van der Waals surface area contributed by atoms with Crippen LogP contribution in [0.4, 0.5) is 5.69 Å². The van der Waals surface area contributed by atoms with Gasteiger partial charge in [-0.1, -0.05) is 29.8 Å². The standard InChI is InChI=1S/C14H8Cl3NO6S2/c15-11-5-3-9(13(7-11)25(16,21)22)1-2-10-4-6-12(18(19)20)8-14(10)26(17,23)24/h1-8H/b2-1+. The van der Waals surface area contributed by atoms with Crippen molar-refractivity contribution in [2.75, 3.05) is 0 Å². The molecular formula is C14H8Cl3NO6S2. The zero-order valence-electron chi connectivity index (χ0n) is 12.5. The smallest absolute Gasteiger partial charge is 0.258 e. The van der Waals surface area contributed by atoms with Crippen LogP contribution in [0.5, 0.6) is 0 Å². The van der Waals surface area contributed by atoms with Crippen LogP contribution in [0.25, 0.3) is 12.2 Å². The molecule has 0 atom stereocenters. The van der Waals surface area contributed by atoms with Gasteiger partial charge in [0.1, 0.15) is 0 Å². The number of non-ortho nitro benzene ring substituents is 1. The first kappa shape index (κ1) is 20.7. The molecule has 0 aliphatic carbocycles. The number of rotatable bonds is 5. The van der Waals surface area contributed by atoms with Gasteiger partial charge in [0.05, 0.1) is 14.7 Å². The van der Waals surface area contributed by atoms with E-state index >= 15 is 0 Å². The summed E-state index contributed by atoms with van der Waals surface area (Å²) in [6, 6.07) is 7.00. The van der Waals surface area contributed by atoms with Gasteiger partial charge in [0.2, 0.25) is 0 Å². The van der Waals surface area contributed by atoms with E-state index in [9.17, 15) is 26.9 Å². The van der Waals surface area contributed by atoms with E-state index in [1.54, 1.807) is 0 Å². The molecule has 2 rings (SSSR count). The summed E-state index contributed by atoms with van der Waals surface area (Å²) < 4.78 is 46.7. The maximum absolute atomic E-state index is 11.7. The molecule has 0 bridgehead atoms. The van der Waals surface area contributed by atoms with Crippen LogP contribution >= 0.6 is 33.0 Å². The molecule has 0 fully saturated rings. The van der Waals surface area contributed by atoms with E-state index in [0.29, 0.717) is 0 Å². The molecule has 0 aromatic heterocycles. The third-order valence-corrected chi connectivity index (χ3v) is 6.14. The van der Waals surface area contributed by atoms with E-state index in [2.05, 4.69) is 0 Å². The normalized spacial score (nSPS) is 12.4. The predicted octanol–water partition coefficient (Wildman–Crippen LogP) is 4.27. The molecule has 2 aromatic carbocycles. The van der Waals surface area contributed by atoms with Crippen LogP contribution in [0.3, 0.4) is 0 Å². The summed E-state index contributed by atoms with van der Waals surface area (Å²) in [7, 11) is 2.29. The molecule has 0 saturated heterocycles. The Morgan fingerprint density at radius 2 is 1.31 bits per heavy atom. The number of nitrogens with zero attached hydrogens (tertiary/aromatic N) is 1. The summed E-state index contributed by atoms with van der Waals surface area (Å²) in [4.78, 5) is 9.28. The van der Waals surface area contributed by atoms with E-state index in [1.165, 1.54) is 30.4 Å². The molecule has 0 amide bonds. The highest BCUT2D eigenvalue weighted by Crippen LogP contribution is 2.29. The Labute approximate surface area is 162 Å². The van der Waals surface area contributed by atoms with Crippen molar-refractivity contribution in [2.45, 2.75) is 9.79 Å². The van der Waals surface area contributed by atoms with Gasteiger partial charge in [-0.25, -0.2) is 16.8 Å². The summed E-state index contributed by atoms with van der Waals surface area (Å²) in [5, 5.41) is 11.0. The third-order valence-electron chi connectivity index (χ3n) is 3.15. The molecule has 0 heterocycles. The fourth-order valence-corrected chi connectivity index (χ4v) is 4.43. The second kappa shape index (κ2) is 7.53. The van der Waals surface area contributed by atoms with E-state index in [1.807, 2.05) is 0 Å². The zero-order valence-corrected chi connectivity index (χ0v) is 16.4. The lowest BCUT2D eigenvalue weighted by Gasteiger charge is -2.05. The highest BCUT2D eigenvalue weighted by molar-refractivity contribution is 8.14. The Hall–Kier alpha value is -1.65. The number of nitro groups is 1. The Bertz CT molecular complexity index is 1130. The SMILES string of the molecule is O=[N+]([O-])c1ccc(/C=C/c2ccc(Cl)cc2S(=O)(=O)Cl)c(S(=O)(=O)Cl)c1. The third kappa shape index (κ3) is 4.95. The average Bonchev–Trinajstić information content (AvgIpc) is 2.51. The topological polar surface area (TPSA) is 111 Å². The van der Waals surface area contributed by atoms with Gasteiger partial charge >= 0.3 is 0 Å². The van der Waals surface area contributed by atoms with Gasteiger partial charge in [-0.15, -0.1) is 0 Å². The highest BCUT2D eigenvalue weighted by Gasteiger charge is 2.19. The first-order valence-electron chi connectivity index (χ1n) is 6.55. The van der Waals surface area contributed by atoms with Gasteiger partial charge in [0.25, 0.3) is 23.8 Å². The number of halogens is 3. The first-order chi connectivity index (χ1) is 11.9. The molecule has 0 unspecified atom stereocenters. The summed E-state index contributed by atoms with van der Waals surface area (Å²) in [6.07, 6.45) is 2.52. The lowest BCUT2D eigenvalue weighted by atomic mass is 10.1. The molecular weight excluding hydrogens is 449 g/mol. The number of benzene rings is 2. The Kier molecular flexibility index (Phi) is 5.99. The predicted molar refractivity (Wildman–Crippen MR) is 99.6 cm³/mol. The lowest BCUT2D eigenvalue weighted by Crippen LogP contribution is -1.98. The van der Waals surface area contributed by atoms with E-state index in [-0.39, 0.29) is 21.0 Å². The van der Waals surface area contributed by atoms with Crippen LogP contribution in [0, 0.1) is 10.1 Å². The molecule has 2 aromatic rings. The Balaban J connectivity index is 2.61. The molecule has 0 aliphatic heterocycles. The Morgan fingerprint density at radius 3 is 1.77 bits per heavy atom. The summed E-state index contributed by atoms with van der Waals surface area (Å²) >= 11 is 5.76. The van der Waals surface area contributed by atoms with Crippen molar-refractivity contribution < 1.29 is 21.8 Å². The fourth-order valence-electron chi connectivity index (χ4n) is 2.02. The van der Waals surface area contributed by atoms with Crippen molar-refractivity contribution in [1.29, 1.82) is 0 Å². The second-order valence-electron chi connectivity index (χ2n) is 4.87. The highest BCUT2D eigenvalue weighted by atomic mass is 35.7. The molecule has 12 heteroatoms. The van der Waals surface area contributed by atoms with Crippen LogP contribution < -0.4 is 0 Å². The number of hydrogen-bond donors (Lipinski definition) is 0. The van der Waals surface area contributed by atoms with Crippen molar-refractivity contribution in [2.24, 2.45) is 0 Å². The van der Waals surface area contributed by atoms with Gasteiger partial charge in [0.15, 0.2) is 0 Å². The van der Waals surface area contributed by atoms with E-state index in [0.717, 1.165) is 18.2 Å². The van der Waals surface area contributed by atoms with E-state index < -0.39 is 33.6 Å². The maximum Gasteiger partial charge on any atom is 0.270 e. The largest absolute Gasteiger partial charge is 0.270 e. The van der Waals surface area contributed by atoms with Crippen molar-refractivity contribution in [3.8, 4) is 0 Å². The second-order valence-corrected chi connectivity index (χ2v) is 10.4. The number of hydrogen-bond acceptors (Lipinski definition) is 6. The molecule has 0 N–H and O–H groups in total. The minimum Gasteiger partial charge on any atom is -0.258 e. The zero-order chi connectivity index (χ0) is 19.7. The van der Waals surface area contributed by atoms with Gasteiger partial charge in [0, 0.05) is 38.5 Å². The molecule has 7 nitrogen and oxygen atoms in total. The number of nitro benzene ring substituents is 1. The fraction of sp³-hybridized carbons (Fsp3) is 0. The lowest BCUT2D eigenvalue weighted by molar-refractivity contribution is -0.385. The molecule has 0 radical (unpaired) electrons. The quantitative estimate of drug-likeness (QED) is 0.287. The molecule has 26 heavy (non-hydrogen) atoms. The minimum atomic E-state index is -4.29. The van der Waals surface area contributed by atoms with Crippen molar-refractivity contribution in [1.82, 2.24) is 0 Å². The van der Waals surface area contributed by atoms with Gasteiger partial charge in [-0.05, 0) is 29.3 Å². The van der Waals surface area contributed by atoms with Crippen LogP contribution in [0.15, 0.2) is 46.2 Å². The van der Waals surface area contributed by atoms with Gasteiger partial charge < -0.3 is 0 Å².